The topological polar surface area (TPSA) is 62.8 Å². The Morgan fingerprint density at radius 2 is 1.63 bits per heavy atom. The number of aryl methyl sites for hydroxylation is 4. The molecule has 4 rings (SSSR count). The van der Waals surface area contributed by atoms with E-state index in [1.807, 2.05) is 49.5 Å². The largest absolute Gasteiger partial charge is 0.357 e. The maximum Gasteiger partial charge on any atom is 0.183 e. The molecule has 0 spiro atoms. The molecule has 0 bridgehead atoms. The lowest BCUT2D eigenvalue weighted by molar-refractivity contribution is 0.594. The summed E-state index contributed by atoms with van der Waals surface area (Å²) >= 11 is 0. The van der Waals surface area contributed by atoms with E-state index in [1.165, 1.54) is 11.1 Å². The van der Waals surface area contributed by atoms with E-state index < -0.39 is 9.84 Å². The van der Waals surface area contributed by atoms with Crippen LogP contribution in [0.5, 0.6) is 0 Å². The van der Waals surface area contributed by atoms with E-state index >= 15 is 0 Å². The zero-order chi connectivity index (χ0) is 21.3. The number of nitrogens with zero attached hydrogens (tertiary/aromatic N) is 1. The molecule has 0 aliphatic heterocycles. The van der Waals surface area contributed by atoms with Crippen molar-refractivity contribution in [2.45, 2.75) is 44.3 Å². The van der Waals surface area contributed by atoms with Crippen molar-refractivity contribution in [3.05, 3.63) is 94.4 Å². The van der Waals surface area contributed by atoms with Crippen LogP contribution in [0.2, 0.25) is 0 Å². The molecule has 2 heterocycles. The normalized spacial score (nSPS) is 11.8. The highest BCUT2D eigenvalue weighted by Gasteiger charge is 2.21. The first kappa shape index (κ1) is 20.4. The summed E-state index contributed by atoms with van der Waals surface area (Å²) in [7, 11) is -3.44. The second-order valence-corrected chi connectivity index (χ2v) is 9.89. The van der Waals surface area contributed by atoms with Gasteiger partial charge in [0.05, 0.1) is 10.6 Å². The Bertz CT molecular complexity index is 1300. The second-order valence-electron chi connectivity index (χ2n) is 7.90. The van der Waals surface area contributed by atoms with Gasteiger partial charge in [0.15, 0.2) is 9.84 Å². The van der Waals surface area contributed by atoms with Crippen molar-refractivity contribution >= 4 is 20.7 Å². The molecule has 0 fully saturated rings. The van der Waals surface area contributed by atoms with Crippen LogP contribution in [0.3, 0.4) is 0 Å². The summed E-state index contributed by atoms with van der Waals surface area (Å²) < 4.78 is 26.2. The molecular weight excluding hydrogens is 392 g/mol. The average Bonchev–Trinajstić information content (AvgIpc) is 3.06. The van der Waals surface area contributed by atoms with Crippen molar-refractivity contribution in [2.75, 3.05) is 0 Å². The molecule has 0 aliphatic carbocycles. The second kappa shape index (κ2) is 8.07. The van der Waals surface area contributed by atoms with Gasteiger partial charge >= 0.3 is 0 Å². The zero-order valence-corrected chi connectivity index (χ0v) is 18.4. The fourth-order valence-electron chi connectivity index (χ4n) is 3.87. The summed E-state index contributed by atoms with van der Waals surface area (Å²) in [4.78, 5) is 8.27. The van der Waals surface area contributed by atoms with E-state index in [2.05, 4.69) is 29.9 Å². The van der Waals surface area contributed by atoms with Gasteiger partial charge in [0.2, 0.25) is 0 Å². The third-order valence-electron chi connectivity index (χ3n) is 5.81. The minimum absolute atomic E-state index is 0.0414. The number of nitrogens with one attached hydrogen (secondary N) is 1. The number of fused-ring (bicyclic) bond motifs is 1. The number of hydrogen-bond donors (Lipinski definition) is 1. The van der Waals surface area contributed by atoms with Gasteiger partial charge in [0.1, 0.15) is 0 Å². The third kappa shape index (κ3) is 4.03. The van der Waals surface area contributed by atoms with Crippen molar-refractivity contribution in [3.63, 3.8) is 0 Å². The van der Waals surface area contributed by atoms with E-state index in [-0.39, 0.29) is 5.75 Å². The van der Waals surface area contributed by atoms with Crippen LogP contribution in [-0.4, -0.2) is 18.4 Å². The molecule has 30 heavy (non-hydrogen) atoms. The number of pyridine rings is 1. The average molecular weight is 419 g/mol. The third-order valence-corrected chi connectivity index (χ3v) is 7.47. The first-order valence-corrected chi connectivity index (χ1v) is 11.8. The maximum atomic E-state index is 13.1. The van der Waals surface area contributed by atoms with Crippen molar-refractivity contribution in [1.82, 2.24) is 9.97 Å². The quantitative estimate of drug-likeness (QED) is 0.465. The number of aromatic nitrogens is 2. The predicted octanol–water partition coefficient (Wildman–Crippen LogP) is 5.25. The Morgan fingerprint density at radius 1 is 0.900 bits per heavy atom. The van der Waals surface area contributed by atoms with Crippen LogP contribution in [0.4, 0.5) is 0 Å². The van der Waals surface area contributed by atoms with Crippen molar-refractivity contribution in [2.24, 2.45) is 0 Å². The number of rotatable bonds is 6. The highest BCUT2D eigenvalue weighted by atomic mass is 32.2. The molecule has 0 amide bonds. The Morgan fingerprint density at radius 3 is 2.40 bits per heavy atom. The lowest BCUT2D eigenvalue weighted by atomic mass is 10.0. The molecule has 0 atom stereocenters. The molecule has 0 aliphatic rings. The van der Waals surface area contributed by atoms with Crippen LogP contribution >= 0.6 is 0 Å². The summed E-state index contributed by atoms with van der Waals surface area (Å²) in [5.74, 6) is -0.0414. The van der Waals surface area contributed by atoms with Crippen molar-refractivity contribution < 1.29 is 8.42 Å². The first-order chi connectivity index (χ1) is 14.3. The van der Waals surface area contributed by atoms with Crippen molar-refractivity contribution in [3.8, 4) is 0 Å². The Hall–Kier alpha value is -2.92. The molecule has 0 unspecified atom stereocenters. The lowest BCUT2D eigenvalue weighted by Gasteiger charge is -2.10. The molecule has 2 aromatic carbocycles. The lowest BCUT2D eigenvalue weighted by Crippen LogP contribution is -2.08. The van der Waals surface area contributed by atoms with E-state index in [0.717, 1.165) is 46.3 Å². The van der Waals surface area contributed by atoms with Crippen LogP contribution < -0.4 is 0 Å². The summed E-state index contributed by atoms with van der Waals surface area (Å²) in [6.45, 7) is 6.13. The smallest absolute Gasteiger partial charge is 0.183 e. The minimum atomic E-state index is -3.44. The van der Waals surface area contributed by atoms with Gasteiger partial charge in [-0.05, 0) is 74.6 Å². The van der Waals surface area contributed by atoms with Gasteiger partial charge in [-0.25, -0.2) is 8.42 Å². The molecule has 4 nitrogen and oxygen atoms in total. The summed E-state index contributed by atoms with van der Waals surface area (Å²) in [5, 5.41) is 1.08. The monoisotopic (exact) mass is 418 g/mol. The fraction of sp³-hybridized carbons (Fsp3) is 0.240. The fourth-order valence-corrected chi connectivity index (χ4v) is 5.21. The molecule has 5 heteroatoms. The summed E-state index contributed by atoms with van der Waals surface area (Å²) in [5.41, 5.74) is 7.32. The van der Waals surface area contributed by atoms with Crippen molar-refractivity contribution in [1.29, 1.82) is 0 Å². The van der Waals surface area contributed by atoms with Gasteiger partial charge in [0.25, 0.3) is 0 Å². The van der Waals surface area contributed by atoms with Crippen LogP contribution in [0.15, 0.2) is 65.7 Å². The number of sulfone groups is 1. The van der Waals surface area contributed by atoms with Gasteiger partial charge in [0, 0.05) is 28.5 Å². The summed E-state index contributed by atoms with van der Waals surface area (Å²) in [6, 6.07) is 17.1. The highest BCUT2D eigenvalue weighted by Crippen LogP contribution is 2.27. The molecule has 0 saturated carbocycles. The van der Waals surface area contributed by atoms with Crippen LogP contribution in [0.1, 0.15) is 33.6 Å². The number of aromatic amines is 1. The van der Waals surface area contributed by atoms with Crippen LogP contribution in [-0.2, 0) is 28.4 Å². The molecule has 1 N–H and O–H groups in total. The summed E-state index contributed by atoms with van der Waals surface area (Å²) in [6.07, 6.45) is 3.35. The number of para-hydroxylation sites is 1. The van der Waals surface area contributed by atoms with Gasteiger partial charge in [-0.3, -0.25) is 4.98 Å². The number of benzene rings is 2. The van der Waals surface area contributed by atoms with E-state index in [4.69, 9.17) is 0 Å². The number of H-pyrrole nitrogens is 1. The van der Waals surface area contributed by atoms with Crippen LogP contribution in [0, 0.1) is 20.8 Å². The Labute approximate surface area is 177 Å². The van der Waals surface area contributed by atoms with Gasteiger partial charge in [-0.15, -0.1) is 0 Å². The highest BCUT2D eigenvalue weighted by molar-refractivity contribution is 7.90. The van der Waals surface area contributed by atoms with E-state index in [1.54, 1.807) is 12.1 Å². The van der Waals surface area contributed by atoms with Gasteiger partial charge in [-0.1, -0.05) is 35.9 Å². The molecule has 154 valence electrons. The zero-order valence-electron chi connectivity index (χ0n) is 17.6. The predicted molar refractivity (Wildman–Crippen MR) is 121 cm³/mol. The maximum absolute atomic E-state index is 13.1. The van der Waals surface area contributed by atoms with Gasteiger partial charge in [-0.2, -0.15) is 0 Å². The SMILES string of the molecule is Cc1ccc(S(=O)(=O)Cc2[nH]c3ccccc3c2CCc2nccc(C)c2C)cc1. The molecule has 0 radical (unpaired) electrons. The number of hydrogen-bond acceptors (Lipinski definition) is 3. The Kier molecular flexibility index (Phi) is 5.48. The molecule has 2 aromatic heterocycles. The molecule has 4 aromatic rings. The van der Waals surface area contributed by atoms with Crippen LogP contribution in [0.25, 0.3) is 10.9 Å². The standard InChI is InChI=1S/C25H26N2O2S/c1-17-8-10-20(11-9-17)30(28,29)16-25-22(21-6-4-5-7-24(21)27-25)12-13-23-19(3)18(2)14-15-26-23/h4-11,14-15,27H,12-13,16H2,1-3H3. The molecule has 0 saturated heterocycles. The first-order valence-electron chi connectivity index (χ1n) is 10.1. The minimum Gasteiger partial charge on any atom is -0.357 e. The van der Waals surface area contributed by atoms with Gasteiger partial charge < -0.3 is 4.98 Å². The Balaban J connectivity index is 1.70. The van der Waals surface area contributed by atoms with E-state index in [0.29, 0.717) is 4.90 Å². The molecular formula is C25H26N2O2S. The van der Waals surface area contributed by atoms with E-state index in [9.17, 15) is 8.42 Å².